The van der Waals surface area contributed by atoms with Gasteiger partial charge in [-0.15, -0.1) is 0 Å². The van der Waals surface area contributed by atoms with Gasteiger partial charge in [0.2, 0.25) is 0 Å². The van der Waals surface area contributed by atoms with Crippen LogP contribution >= 0.6 is 0 Å². The monoisotopic (exact) mass is 555 g/mol. The van der Waals surface area contributed by atoms with Gasteiger partial charge in [0.05, 0.1) is 30.9 Å². The maximum absolute atomic E-state index is 13.7. The molecule has 3 aromatic rings. The molecule has 1 saturated heterocycles. The van der Waals surface area contributed by atoms with Gasteiger partial charge in [-0.3, -0.25) is 9.59 Å². The number of benzene rings is 3. The van der Waals surface area contributed by atoms with Gasteiger partial charge < -0.3 is 19.5 Å². The SMILES string of the molecule is CCOc1cccc(CN2C(=O)C(=O)/C(=C(/O)c3cc(C(C)(C)C)ccc3OC)C2c2ccc(C(C)(C)C)cc2)c1. The minimum atomic E-state index is -0.789. The summed E-state index contributed by atoms with van der Waals surface area (Å²) in [4.78, 5) is 28.9. The standard InChI is InChI=1S/C35H41NO5/c1-9-41-26-12-10-11-22(19-26)21-36-30(23-13-15-24(16-14-23)34(2,3)4)29(32(38)33(36)39)31(37)27-20-25(35(5,6)7)17-18-28(27)40-8/h10-20,30,37H,9,21H2,1-8H3/b31-29+. The lowest BCUT2D eigenvalue weighted by Crippen LogP contribution is -2.29. The van der Waals surface area contributed by atoms with E-state index in [2.05, 4.69) is 41.5 Å². The van der Waals surface area contributed by atoms with E-state index in [1.807, 2.05) is 67.6 Å². The molecule has 1 atom stereocenters. The van der Waals surface area contributed by atoms with Crippen LogP contribution in [-0.2, 0) is 27.0 Å². The summed E-state index contributed by atoms with van der Waals surface area (Å²) in [6, 6.07) is 20.2. The van der Waals surface area contributed by atoms with Crippen LogP contribution < -0.4 is 9.47 Å². The predicted octanol–water partition coefficient (Wildman–Crippen LogP) is 7.31. The summed E-state index contributed by atoms with van der Waals surface area (Å²) in [6.07, 6.45) is 0. The van der Waals surface area contributed by atoms with Crippen molar-refractivity contribution in [3.63, 3.8) is 0 Å². The number of likely N-dealkylation sites (tertiary alicyclic amines) is 1. The number of amides is 1. The average molecular weight is 556 g/mol. The van der Waals surface area contributed by atoms with Crippen molar-refractivity contribution in [2.75, 3.05) is 13.7 Å². The summed E-state index contributed by atoms with van der Waals surface area (Å²) in [6.45, 7) is 15.2. The molecule has 6 nitrogen and oxygen atoms in total. The number of carbonyl (C=O) groups is 2. The number of nitrogens with zero attached hydrogens (tertiary/aromatic N) is 1. The number of methoxy groups -OCH3 is 1. The molecule has 1 N–H and O–H groups in total. The zero-order valence-electron chi connectivity index (χ0n) is 25.4. The molecule has 0 saturated carbocycles. The van der Waals surface area contributed by atoms with Crippen LogP contribution in [0.5, 0.6) is 11.5 Å². The normalized spacial score (nSPS) is 17.2. The Labute approximate surface area is 243 Å². The Morgan fingerprint density at radius 1 is 0.878 bits per heavy atom. The topological polar surface area (TPSA) is 76.1 Å². The summed E-state index contributed by atoms with van der Waals surface area (Å²) in [5.74, 6) is -0.521. The van der Waals surface area contributed by atoms with Gasteiger partial charge in [0.25, 0.3) is 11.7 Å². The van der Waals surface area contributed by atoms with Crippen molar-refractivity contribution in [2.45, 2.75) is 71.9 Å². The molecule has 4 rings (SSSR count). The maximum atomic E-state index is 13.7. The van der Waals surface area contributed by atoms with Gasteiger partial charge in [-0.05, 0) is 64.3 Å². The zero-order valence-corrected chi connectivity index (χ0v) is 25.4. The second-order valence-corrected chi connectivity index (χ2v) is 12.5. The van der Waals surface area contributed by atoms with Crippen molar-refractivity contribution in [1.29, 1.82) is 0 Å². The van der Waals surface area contributed by atoms with Crippen LogP contribution in [-0.4, -0.2) is 35.4 Å². The molecule has 41 heavy (non-hydrogen) atoms. The summed E-state index contributed by atoms with van der Waals surface area (Å²) < 4.78 is 11.3. The van der Waals surface area contributed by atoms with E-state index in [0.29, 0.717) is 23.7 Å². The minimum absolute atomic E-state index is 0.0452. The van der Waals surface area contributed by atoms with Crippen LogP contribution in [0.2, 0.25) is 0 Å². The summed E-state index contributed by atoms with van der Waals surface area (Å²) >= 11 is 0. The highest BCUT2D eigenvalue weighted by Gasteiger charge is 2.46. The van der Waals surface area contributed by atoms with Crippen molar-refractivity contribution in [2.24, 2.45) is 0 Å². The van der Waals surface area contributed by atoms with Crippen molar-refractivity contribution in [1.82, 2.24) is 4.90 Å². The number of Topliss-reactive ketones (excluding diaryl/α,β-unsaturated/α-hetero) is 1. The second-order valence-electron chi connectivity index (χ2n) is 12.5. The van der Waals surface area contributed by atoms with Gasteiger partial charge in [-0.25, -0.2) is 0 Å². The molecule has 6 heteroatoms. The van der Waals surface area contributed by atoms with Crippen LogP contribution in [0.15, 0.2) is 72.3 Å². The van der Waals surface area contributed by atoms with E-state index >= 15 is 0 Å². The number of hydrogen-bond acceptors (Lipinski definition) is 5. The molecule has 1 fully saturated rings. The van der Waals surface area contributed by atoms with Crippen LogP contribution in [0.1, 0.15) is 82.3 Å². The van der Waals surface area contributed by atoms with E-state index in [4.69, 9.17) is 9.47 Å². The smallest absolute Gasteiger partial charge is 0.295 e. The van der Waals surface area contributed by atoms with Gasteiger partial charge in [0.15, 0.2) is 0 Å². The lowest BCUT2D eigenvalue weighted by atomic mass is 9.84. The Hall–Kier alpha value is -4.06. The van der Waals surface area contributed by atoms with Crippen molar-refractivity contribution in [3.8, 4) is 11.5 Å². The Morgan fingerprint density at radius 3 is 2.10 bits per heavy atom. The first-order valence-corrected chi connectivity index (χ1v) is 14.1. The lowest BCUT2D eigenvalue weighted by molar-refractivity contribution is -0.140. The molecule has 1 aliphatic rings. The quantitative estimate of drug-likeness (QED) is 0.188. The Balaban J connectivity index is 1.91. The number of rotatable bonds is 7. The first kappa shape index (κ1) is 29.9. The van der Waals surface area contributed by atoms with Gasteiger partial charge in [-0.1, -0.05) is 84.0 Å². The number of hydrogen-bond donors (Lipinski definition) is 1. The molecule has 0 radical (unpaired) electrons. The Morgan fingerprint density at radius 2 is 1.51 bits per heavy atom. The third-order valence-electron chi connectivity index (χ3n) is 7.52. The van der Waals surface area contributed by atoms with E-state index in [-0.39, 0.29) is 28.7 Å². The molecule has 1 amide bonds. The fourth-order valence-corrected chi connectivity index (χ4v) is 5.16. The minimum Gasteiger partial charge on any atom is -0.507 e. The predicted molar refractivity (Wildman–Crippen MR) is 162 cm³/mol. The number of carbonyl (C=O) groups excluding carboxylic acids is 2. The Kier molecular flexibility index (Phi) is 8.34. The molecule has 1 unspecified atom stereocenters. The van der Waals surface area contributed by atoms with Gasteiger partial charge in [-0.2, -0.15) is 0 Å². The third-order valence-corrected chi connectivity index (χ3v) is 7.52. The number of aliphatic hydroxyl groups is 1. The molecule has 0 bridgehead atoms. The van der Waals surface area contributed by atoms with Crippen molar-refractivity contribution in [3.05, 3.63) is 100 Å². The molecule has 0 spiro atoms. The van der Waals surface area contributed by atoms with Crippen molar-refractivity contribution >= 4 is 17.4 Å². The number of ether oxygens (including phenoxy) is 2. The second kappa shape index (κ2) is 11.4. The summed E-state index contributed by atoms with van der Waals surface area (Å²) in [5, 5.41) is 11.8. The first-order chi connectivity index (χ1) is 19.3. The van der Waals surface area contributed by atoms with Gasteiger partial charge in [0.1, 0.15) is 17.3 Å². The fourth-order valence-electron chi connectivity index (χ4n) is 5.16. The lowest BCUT2D eigenvalue weighted by Gasteiger charge is -2.27. The van der Waals surface area contributed by atoms with E-state index < -0.39 is 17.7 Å². The van der Waals surface area contributed by atoms with E-state index in [0.717, 1.165) is 22.3 Å². The van der Waals surface area contributed by atoms with Crippen molar-refractivity contribution < 1.29 is 24.2 Å². The highest BCUT2D eigenvalue weighted by atomic mass is 16.5. The molecular formula is C35H41NO5. The van der Waals surface area contributed by atoms with Gasteiger partial charge in [0, 0.05) is 6.54 Å². The highest BCUT2D eigenvalue weighted by Crippen LogP contribution is 2.43. The average Bonchev–Trinajstić information content (AvgIpc) is 3.16. The Bertz CT molecular complexity index is 1470. The van der Waals surface area contributed by atoms with Gasteiger partial charge >= 0.3 is 0 Å². The fraction of sp³-hybridized carbons (Fsp3) is 0.371. The summed E-state index contributed by atoms with van der Waals surface area (Å²) in [5.41, 5.74) is 3.81. The largest absolute Gasteiger partial charge is 0.507 e. The van der Waals surface area contributed by atoms with E-state index in [9.17, 15) is 14.7 Å². The van der Waals surface area contributed by atoms with Crippen LogP contribution in [0.4, 0.5) is 0 Å². The molecule has 0 aromatic heterocycles. The van der Waals surface area contributed by atoms with E-state index in [1.165, 1.54) is 12.0 Å². The third kappa shape index (κ3) is 6.17. The van der Waals surface area contributed by atoms with Crippen LogP contribution in [0.25, 0.3) is 5.76 Å². The molecular weight excluding hydrogens is 514 g/mol. The number of ketones is 1. The van der Waals surface area contributed by atoms with Crippen LogP contribution in [0, 0.1) is 0 Å². The molecule has 3 aromatic carbocycles. The number of aliphatic hydroxyl groups excluding tert-OH is 1. The van der Waals surface area contributed by atoms with E-state index in [1.54, 1.807) is 6.07 Å². The first-order valence-electron chi connectivity index (χ1n) is 14.1. The molecule has 1 aliphatic heterocycles. The van der Waals surface area contributed by atoms with Crippen LogP contribution in [0.3, 0.4) is 0 Å². The molecule has 1 heterocycles. The molecule has 0 aliphatic carbocycles. The zero-order chi connectivity index (χ0) is 30.1. The highest BCUT2D eigenvalue weighted by molar-refractivity contribution is 6.46. The summed E-state index contributed by atoms with van der Waals surface area (Å²) in [7, 11) is 1.52. The molecule has 216 valence electrons. The maximum Gasteiger partial charge on any atom is 0.295 e.